The van der Waals surface area contributed by atoms with Crippen molar-refractivity contribution < 1.29 is 28.7 Å². The summed E-state index contributed by atoms with van der Waals surface area (Å²) in [6.45, 7) is 14.6. The van der Waals surface area contributed by atoms with Gasteiger partial charge in [-0.05, 0) is 66.4 Å². The molecule has 0 aliphatic carbocycles. The van der Waals surface area contributed by atoms with E-state index in [9.17, 15) is 14.7 Å². The van der Waals surface area contributed by atoms with E-state index in [-0.39, 0.29) is 6.42 Å². The minimum absolute atomic E-state index is 0.102. The zero-order valence-electron chi connectivity index (χ0n) is 18.6. The highest BCUT2D eigenvalue weighted by Crippen LogP contribution is 2.36. The number of alkyl carbamates (subject to hydrolysis) is 1. The number of aliphatic carboxylic acids is 1. The smallest absolute Gasteiger partial charge is 0.480 e. The number of amides is 1. The normalized spacial score (nSPS) is 20.1. The van der Waals surface area contributed by atoms with Crippen molar-refractivity contribution in [3.8, 4) is 0 Å². The van der Waals surface area contributed by atoms with E-state index >= 15 is 0 Å². The molecular formula is C21H32BNO6. The summed E-state index contributed by atoms with van der Waals surface area (Å²) in [5, 5.41) is 12.2. The Balaban J connectivity index is 2.12. The molecule has 0 spiro atoms. The van der Waals surface area contributed by atoms with E-state index in [0.29, 0.717) is 0 Å². The highest BCUT2D eigenvalue weighted by Gasteiger charge is 2.51. The van der Waals surface area contributed by atoms with Crippen LogP contribution in [0.3, 0.4) is 0 Å². The average Bonchev–Trinajstić information content (AvgIpc) is 2.73. The van der Waals surface area contributed by atoms with Gasteiger partial charge in [-0.3, -0.25) is 0 Å². The third-order valence-electron chi connectivity index (χ3n) is 5.31. The van der Waals surface area contributed by atoms with Crippen LogP contribution in [0.4, 0.5) is 4.79 Å². The molecular weight excluding hydrogens is 373 g/mol. The van der Waals surface area contributed by atoms with Crippen molar-refractivity contribution in [3.63, 3.8) is 0 Å². The molecule has 2 rings (SSSR count). The fourth-order valence-corrected chi connectivity index (χ4v) is 2.88. The summed E-state index contributed by atoms with van der Waals surface area (Å²) in [4.78, 5) is 23.9. The molecule has 1 atom stereocenters. The Morgan fingerprint density at radius 1 is 1.03 bits per heavy atom. The quantitative estimate of drug-likeness (QED) is 0.732. The van der Waals surface area contributed by atoms with Crippen molar-refractivity contribution in [2.24, 2.45) is 0 Å². The van der Waals surface area contributed by atoms with E-state index in [4.69, 9.17) is 14.0 Å². The fraction of sp³-hybridized carbons (Fsp3) is 0.619. The van der Waals surface area contributed by atoms with Crippen LogP contribution in [-0.2, 0) is 25.3 Å². The van der Waals surface area contributed by atoms with Crippen molar-refractivity contribution in [2.75, 3.05) is 0 Å². The SMILES string of the molecule is CC(C)(C)OC(=O)N[C@@](C)(Cc1ccc(B2OC(C)(C)C(C)(C)O2)cc1)C(=O)O. The maximum absolute atomic E-state index is 12.1. The molecule has 160 valence electrons. The summed E-state index contributed by atoms with van der Waals surface area (Å²) in [5.41, 5.74) is -1.48. The third kappa shape index (κ3) is 5.51. The number of carbonyl (C=O) groups is 2. The lowest BCUT2D eigenvalue weighted by Gasteiger charge is -2.32. The highest BCUT2D eigenvalue weighted by molar-refractivity contribution is 6.62. The van der Waals surface area contributed by atoms with Gasteiger partial charge in [-0.2, -0.15) is 0 Å². The summed E-state index contributed by atoms with van der Waals surface area (Å²) in [5.74, 6) is -1.14. The molecule has 0 radical (unpaired) electrons. The molecule has 1 aromatic carbocycles. The number of rotatable bonds is 5. The number of carbonyl (C=O) groups excluding carboxylic acids is 1. The van der Waals surface area contributed by atoms with Crippen LogP contribution >= 0.6 is 0 Å². The van der Waals surface area contributed by atoms with Gasteiger partial charge in [0.1, 0.15) is 11.1 Å². The topological polar surface area (TPSA) is 94.1 Å². The maximum atomic E-state index is 12.1. The van der Waals surface area contributed by atoms with Crippen molar-refractivity contribution in [3.05, 3.63) is 29.8 Å². The second-order valence-electron chi connectivity index (χ2n) is 9.77. The first-order valence-corrected chi connectivity index (χ1v) is 9.74. The molecule has 1 aromatic rings. The Labute approximate surface area is 173 Å². The molecule has 1 aliphatic heterocycles. The van der Waals surface area contributed by atoms with Gasteiger partial charge in [0.2, 0.25) is 0 Å². The number of hydrogen-bond donors (Lipinski definition) is 2. The predicted octanol–water partition coefficient (Wildman–Crippen LogP) is 2.90. The van der Waals surface area contributed by atoms with Gasteiger partial charge in [0.05, 0.1) is 11.2 Å². The molecule has 0 aromatic heterocycles. The van der Waals surface area contributed by atoms with E-state index in [1.165, 1.54) is 6.92 Å². The monoisotopic (exact) mass is 405 g/mol. The number of carboxylic acids is 1. The standard InChI is InChI=1S/C21H32BNO6/c1-18(2,3)27-17(26)23-21(8,16(24)25)13-14-9-11-15(12-10-14)22-28-19(4,5)20(6,7)29-22/h9-12H,13H2,1-8H3,(H,23,26)(H,24,25)/t21-/m0/s1. The first-order chi connectivity index (χ1) is 13.0. The summed E-state index contributed by atoms with van der Waals surface area (Å²) in [7, 11) is -0.486. The molecule has 2 N–H and O–H groups in total. The van der Waals surface area contributed by atoms with Crippen LogP contribution in [0.1, 0.15) is 61.0 Å². The minimum atomic E-state index is -1.51. The molecule has 1 saturated heterocycles. The molecule has 1 aliphatic rings. The van der Waals surface area contributed by atoms with E-state index < -0.39 is 41.5 Å². The van der Waals surface area contributed by atoms with Crippen LogP contribution < -0.4 is 10.8 Å². The van der Waals surface area contributed by atoms with Gasteiger partial charge in [-0.1, -0.05) is 24.3 Å². The van der Waals surface area contributed by atoms with Gasteiger partial charge < -0.3 is 24.5 Å². The van der Waals surface area contributed by atoms with E-state index in [1.807, 2.05) is 52.0 Å². The molecule has 8 heteroatoms. The first-order valence-electron chi connectivity index (χ1n) is 9.74. The third-order valence-corrected chi connectivity index (χ3v) is 5.31. The van der Waals surface area contributed by atoms with Crippen LogP contribution in [0.25, 0.3) is 0 Å². The Bertz CT molecular complexity index is 752. The van der Waals surface area contributed by atoms with Crippen LogP contribution in [0.5, 0.6) is 0 Å². The van der Waals surface area contributed by atoms with E-state index in [0.717, 1.165) is 11.0 Å². The van der Waals surface area contributed by atoms with Crippen molar-refractivity contribution >= 4 is 24.6 Å². The van der Waals surface area contributed by atoms with Gasteiger partial charge in [0.15, 0.2) is 0 Å². The van der Waals surface area contributed by atoms with Gasteiger partial charge in [-0.25, -0.2) is 9.59 Å². The second-order valence-corrected chi connectivity index (χ2v) is 9.77. The lowest BCUT2D eigenvalue weighted by Crippen LogP contribution is -2.54. The predicted molar refractivity (Wildman–Crippen MR) is 111 cm³/mol. The van der Waals surface area contributed by atoms with Gasteiger partial charge >= 0.3 is 19.2 Å². The molecule has 1 fully saturated rings. The fourth-order valence-electron chi connectivity index (χ4n) is 2.88. The Morgan fingerprint density at radius 2 is 1.52 bits per heavy atom. The van der Waals surface area contributed by atoms with Gasteiger partial charge in [0.25, 0.3) is 0 Å². The Morgan fingerprint density at radius 3 is 1.93 bits per heavy atom. The average molecular weight is 405 g/mol. The molecule has 0 saturated carbocycles. The summed E-state index contributed by atoms with van der Waals surface area (Å²) in [6.07, 6.45) is -0.665. The van der Waals surface area contributed by atoms with Crippen LogP contribution in [0, 0.1) is 0 Å². The summed E-state index contributed by atoms with van der Waals surface area (Å²) < 4.78 is 17.3. The van der Waals surface area contributed by atoms with Crippen molar-refractivity contribution in [2.45, 2.75) is 84.2 Å². The molecule has 0 unspecified atom stereocenters. The zero-order valence-corrected chi connectivity index (χ0v) is 18.6. The Kier molecular flexibility index (Phi) is 6.13. The molecule has 1 heterocycles. The number of ether oxygens (including phenoxy) is 1. The second kappa shape index (κ2) is 7.65. The van der Waals surface area contributed by atoms with Crippen LogP contribution in [0.15, 0.2) is 24.3 Å². The lowest BCUT2D eigenvalue weighted by molar-refractivity contribution is -0.144. The van der Waals surface area contributed by atoms with E-state index in [2.05, 4.69) is 5.32 Å². The number of hydrogen-bond acceptors (Lipinski definition) is 5. The molecule has 29 heavy (non-hydrogen) atoms. The van der Waals surface area contributed by atoms with Crippen molar-refractivity contribution in [1.82, 2.24) is 5.32 Å². The number of benzene rings is 1. The van der Waals surface area contributed by atoms with E-state index in [1.54, 1.807) is 20.8 Å². The largest absolute Gasteiger partial charge is 0.494 e. The molecule has 7 nitrogen and oxygen atoms in total. The Hall–Kier alpha value is -2.06. The van der Waals surface area contributed by atoms with Crippen LogP contribution in [-0.4, -0.2) is 46.6 Å². The van der Waals surface area contributed by atoms with Crippen LogP contribution in [0.2, 0.25) is 0 Å². The summed E-state index contributed by atoms with van der Waals surface area (Å²) in [6, 6.07) is 7.34. The zero-order chi connectivity index (χ0) is 22.3. The minimum Gasteiger partial charge on any atom is -0.480 e. The maximum Gasteiger partial charge on any atom is 0.494 e. The molecule has 0 bridgehead atoms. The van der Waals surface area contributed by atoms with Gasteiger partial charge in [-0.15, -0.1) is 0 Å². The lowest BCUT2D eigenvalue weighted by atomic mass is 9.78. The van der Waals surface area contributed by atoms with Gasteiger partial charge in [0, 0.05) is 6.42 Å². The first kappa shape index (κ1) is 23.2. The molecule has 1 amide bonds. The number of nitrogens with one attached hydrogen (secondary N) is 1. The summed E-state index contributed by atoms with van der Waals surface area (Å²) >= 11 is 0. The van der Waals surface area contributed by atoms with Crippen molar-refractivity contribution in [1.29, 1.82) is 0 Å². The highest BCUT2D eigenvalue weighted by atomic mass is 16.7. The number of carboxylic acid groups (broad SMARTS) is 1.